The molecule has 5 nitrogen and oxygen atoms in total. The summed E-state index contributed by atoms with van der Waals surface area (Å²) in [5, 5.41) is 9.11. The topological polar surface area (TPSA) is 50.6 Å². The zero-order chi connectivity index (χ0) is 18.6. The summed E-state index contributed by atoms with van der Waals surface area (Å²) in [5.74, 6) is 0.316. The van der Waals surface area contributed by atoms with Gasteiger partial charge in [0.05, 0.1) is 11.6 Å². The van der Waals surface area contributed by atoms with Crippen LogP contribution in [0.2, 0.25) is 0 Å². The van der Waals surface area contributed by atoms with Gasteiger partial charge in [0.2, 0.25) is 5.91 Å². The van der Waals surface area contributed by atoms with Crippen molar-refractivity contribution in [2.75, 3.05) is 46.8 Å². The second-order valence-corrected chi connectivity index (χ2v) is 8.24. The van der Waals surface area contributed by atoms with Crippen molar-refractivity contribution in [1.82, 2.24) is 14.7 Å². The first-order valence-corrected chi connectivity index (χ1v) is 9.64. The van der Waals surface area contributed by atoms with E-state index in [1.54, 1.807) is 0 Å². The first-order chi connectivity index (χ1) is 12.5. The molecule has 5 heteroatoms. The van der Waals surface area contributed by atoms with E-state index in [0.717, 1.165) is 51.3 Å². The van der Waals surface area contributed by atoms with E-state index in [0.29, 0.717) is 12.3 Å². The van der Waals surface area contributed by atoms with Gasteiger partial charge in [0.15, 0.2) is 0 Å². The highest BCUT2D eigenvalue weighted by Crippen LogP contribution is 2.39. The van der Waals surface area contributed by atoms with Gasteiger partial charge in [-0.25, -0.2) is 0 Å². The molecular formula is C21H30N4O. The molecule has 0 bridgehead atoms. The van der Waals surface area contributed by atoms with Crippen molar-refractivity contribution >= 4 is 5.91 Å². The Morgan fingerprint density at radius 3 is 2.88 bits per heavy atom. The molecule has 0 aliphatic carbocycles. The minimum absolute atomic E-state index is 0.241. The Bertz CT molecular complexity index is 681. The van der Waals surface area contributed by atoms with Crippen LogP contribution in [-0.4, -0.2) is 67.4 Å². The van der Waals surface area contributed by atoms with E-state index in [1.807, 2.05) is 18.2 Å². The van der Waals surface area contributed by atoms with E-state index < -0.39 is 0 Å². The van der Waals surface area contributed by atoms with Crippen molar-refractivity contribution in [3.8, 4) is 6.07 Å². The monoisotopic (exact) mass is 354 g/mol. The van der Waals surface area contributed by atoms with Crippen LogP contribution in [0.3, 0.4) is 0 Å². The molecule has 2 saturated heterocycles. The lowest BCUT2D eigenvalue weighted by Gasteiger charge is -2.48. The largest absolute Gasteiger partial charge is 0.341 e. The number of carbonyl (C=O) groups excluding carboxylic acids is 1. The van der Waals surface area contributed by atoms with Crippen LogP contribution in [0.5, 0.6) is 0 Å². The average Bonchev–Trinajstić information content (AvgIpc) is 2.63. The highest BCUT2D eigenvalue weighted by atomic mass is 16.2. The molecule has 0 saturated carbocycles. The van der Waals surface area contributed by atoms with Crippen LogP contribution < -0.4 is 0 Å². The van der Waals surface area contributed by atoms with Gasteiger partial charge in [-0.15, -0.1) is 0 Å². The molecule has 1 aromatic carbocycles. The summed E-state index contributed by atoms with van der Waals surface area (Å²) in [4.78, 5) is 19.1. The van der Waals surface area contributed by atoms with Crippen LogP contribution >= 0.6 is 0 Å². The Morgan fingerprint density at radius 1 is 1.27 bits per heavy atom. The molecule has 2 fully saturated rings. The zero-order valence-corrected chi connectivity index (χ0v) is 16.1. The molecule has 2 aliphatic heterocycles. The summed E-state index contributed by atoms with van der Waals surface area (Å²) >= 11 is 0. The number of nitriles is 1. The maximum absolute atomic E-state index is 12.3. The smallest absolute Gasteiger partial charge is 0.222 e. The van der Waals surface area contributed by atoms with E-state index >= 15 is 0 Å². The summed E-state index contributed by atoms with van der Waals surface area (Å²) in [7, 11) is 4.11. The fourth-order valence-corrected chi connectivity index (χ4v) is 4.40. The van der Waals surface area contributed by atoms with E-state index in [-0.39, 0.29) is 5.41 Å². The van der Waals surface area contributed by atoms with Gasteiger partial charge >= 0.3 is 0 Å². The molecule has 140 valence electrons. The molecule has 1 spiro atoms. The van der Waals surface area contributed by atoms with Crippen molar-refractivity contribution in [1.29, 1.82) is 5.26 Å². The lowest BCUT2D eigenvalue weighted by atomic mass is 9.73. The fraction of sp³-hybridized carbons (Fsp3) is 0.619. The quantitative estimate of drug-likeness (QED) is 0.814. The van der Waals surface area contributed by atoms with Crippen molar-refractivity contribution in [2.45, 2.75) is 32.2 Å². The maximum Gasteiger partial charge on any atom is 0.222 e. The first-order valence-electron chi connectivity index (χ1n) is 9.64. The van der Waals surface area contributed by atoms with Crippen LogP contribution in [-0.2, 0) is 11.3 Å². The van der Waals surface area contributed by atoms with Crippen LogP contribution in [0, 0.1) is 16.7 Å². The lowest BCUT2D eigenvalue weighted by Crippen LogP contribution is -2.54. The van der Waals surface area contributed by atoms with Crippen LogP contribution in [0.15, 0.2) is 24.3 Å². The molecule has 0 aromatic heterocycles. The third-order valence-corrected chi connectivity index (χ3v) is 5.77. The minimum Gasteiger partial charge on any atom is -0.341 e. The highest BCUT2D eigenvalue weighted by molar-refractivity contribution is 5.77. The molecule has 1 aromatic rings. The molecule has 0 unspecified atom stereocenters. The van der Waals surface area contributed by atoms with Crippen LogP contribution in [0.4, 0.5) is 0 Å². The van der Waals surface area contributed by atoms with Gasteiger partial charge in [0, 0.05) is 44.6 Å². The number of amides is 1. The van der Waals surface area contributed by atoms with E-state index in [2.05, 4.69) is 40.9 Å². The van der Waals surface area contributed by atoms with Gasteiger partial charge in [-0.3, -0.25) is 9.69 Å². The number of likely N-dealkylation sites (tertiary alicyclic amines) is 2. The summed E-state index contributed by atoms with van der Waals surface area (Å²) in [6, 6.07) is 10.2. The van der Waals surface area contributed by atoms with E-state index in [1.165, 1.54) is 18.4 Å². The molecule has 2 aliphatic rings. The SMILES string of the molecule is CN(C)CCN1C[C@@]2(CCCN(Cc3cccc(C#N)c3)C2)CCC1=O. The Balaban J connectivity index is 1.64. The standard InChI is InChI=1S/C21H30N4O/c1-23(2)11-12-25-17-21(9-7-20(25)26)8-4-10-24(16-21)15-19-6-3-5-18(13-19)14-22/h3,5-6,13H,4,7-12,15-17H2,1-2H3/t21-/m0/s1. The predicted molar refractivity (Wildman–Crippen MR) is 102 cm³/mol. The number of likely N-dealkylation sites (N-methyl/N-ethyl adjacent to an activating group) is 1. The second-order valence-electron chi connectivity index (χ2n) is 8.24. The number of benzene rings is 1. The summed E-state index contributed by atoms with van der Waals surface area (Å²) in [6.07, 6.45) is 4.10. The number of hydrogen-bond acceptors (Lipinski definition) is 4. The van der Waals surface area contributed by atoms with Crippen LogP contribution in [0.25, 0.3) is 0 Å². The van der Waals surface area contributed by atoms with E-state index in [4.69, 9.17) is 5.26 Å². The van der Waals surface area contributed by atoms with Gasteiger partial charge in [0.25, 0.3) is 0 Å². The average molecular weight is 354 g/mol. The minimum atomic E-state index is 0.241. The van der Waals surface area contributed by atoms with Crippen molar-refractivity contribution in [3.05, 3.63) is 35.4 Å². The lowest BCUT2D eigenvalue weighted by molar-refractivity contribution is -0.139. The Kier molecular flexibility index (Phi) is 5.95. The number of nitrogens with zero attached hydrogens (tertiary/aromatic N) is 4. The van der Waals surface area contributed by atoms with Gasteiger partial charge in [-0.1, -0.05) is 12.1 Å². The van der Waals surface area contributed by atoms with Gasteiger partial charge in [0.1, 0.15) is 0 Å². The Labute approximate surface area is 157 Å². The normalized spacial score (nSPS) is 24.2. The van der Waals surface area contributed by atoms with Crippen molar-refractivity contribution < 1.29 is 4.79 Å². The zero-order valence-electron chi connectivity index (χ0n) is 16.1. The number of carbonyl (C=O) groups is 1. The third-order valence-electron chi connectivity index (χ3n) is 5.77. The van der Waals surface area contributed by atoms with E-state index in [9.17, 15) is 4.79 Å². The Hall–Kier alpha value is -1.90. The highest BCUT2D eigenvalue weighted by Gasteiger charge is 2.41. The fourth-order valence-electron chi connectivity index (χ4n) is 4.40. The maximum atomic E-state index is 12.3. The summed E-state index contributed by atoms with van der Waals surface area (Å²) in [5.41, 5.74) is 2.18. The molecule has 1 amide bonds. The molecule has 3 rings (SSSR count). The summed E-state index contributed by atoms with van der Waals surface area (Å²) in [6.45, 7) is 5.70. The third kappa shape index (κ3) is 4.63. The van der Waals surface area contributed by atoms with Gasteiger partial charge in [-0.05, 0) is 57.6 Å². The number of hydrogen-bond donors (Lipinski definition) is 0. The number of piperidine rings is 2. The van der Waals surface area contributed by atoms with Gasteiger partial charge in [-0.2, -0.15) is 5.26 Å². The molecule has 0 N–H and O–H groups in total. The molecule has 2 heterocycles. The van der Waals surface area contributed by atoms with Crippen molar-refractivity contribution in [3.63, 3.8) is 0 Å². The van der Waals surface area contributed by atoms with Gasteiger partial charge < -0.3 is 9.80 Å². The second kappa shape index (κ2) is 8.20. The van der Waals surface area contributed by atoms with Crippen LogP contribution in [0.1, 0.15) is 36.8 Å². The first kappa shape index (κ1) is 18.9. The summed E-state index contributed by atoms with van der Waals surface area (Å²) < 4.78 is 0. The molecule has 1 atom stereocenters. The molecule has 0 radical (unpaired) electrons. The molecular weight excluding hydrogens is 324 g/mol. The number of rotatable bonds is 5. The molecule has 26 heavy (non-hydrogen) atoms. The Morgan fingerprint density at radius 2 is 2.12 bits per heavy atom. The predicted octanol–water partition coefficient (Wildman–Crippen LogP) is 2.32. The van der Waals surface area contributed by atoms with Crippen molar-refractivity contribution in [2.24, 2.45) is 5.41 Å².